The Kier molecular flexibility index (Phi) is 4.45. The highest BCUT2D eigenvalue weighted by atomic mass is 79.9. The molecule has 0 saturated heterocycles. The molecule has 0 unspecified atom stereocenters. The van der Waals surface area contributed by atoms with E-state index in [1.165, 1.54) is 31.7 Å². The molecule has 5 heteroatoms. The van der Waals surface area contributed by atoms with Crippen molar-refractivity contribution in [2.24, 2.45) is 0 Å². The van der Waals surface area contributed by atoms with Crippen LogP contribution in [0.4, 0.5) is 5.69 Å². The van der Waals surface area contributed by atoms with Gasteiger partial charge in [0.2, 0.25) is 0 Å². The van der Waals surface area contributed by atoms with Crippen molar-refractivity contribution in [3.05, 3.63) is 38.3 Å². The summed E-state index contributed by atoms with van der Waals surface area (Å²) in [7, 11) is 0. The van der Waals surface area contributed by atoms with Crippen LogP contribution in [0.3, 0.4) is 0 Å². The average Bonchev–Trinajstić information content (AvgIpc) is 2.80. The van der Waals surface area contributed by atoms with Gasteiger partial charge in [-0.3, -0.25) is 10.1 Å². The number of hydrogen-bond donors (Lipinski definition) is 0. The van der Waals surface area contributed by atoms with Crippen LogP contribution in [0.15, 0.2) is 22.7 Å². The maximum atomic E-state index is 10.8. The largest absolute Gasteiger partial charge is 0.283 e. The third-order valence-electron chi connectivity index (χ3n) is 3.03. The molecule has 3 nitrogen and oxygen atoms in total. The summed E-state index contributed by atoms with van der Waals surface area (Å²) in [6.07, 6.45) is 5.23. The Morgan fingerprint density at radius 2 is 2.12 bits per heavy atom. The van der Waals surface area contributed by atoms with Gasteiger partial charge in [0.1, 0.15) is 0 Å². The topological polar surface area (TPSA) is 43.1 Å². The van der Waals surface area contributed by atoms with E-state index >= 15 is 0 Å². The lowest BCUT2D eigenvalue weighted by Crippen LogP contribution is -1.97. The molecule has 2 rings (SSSR count). The average molecular weight is 316 g/mol. The second-order valence-corrected chi connectivity index (χ2v) is 6.31. The number of nitro benzene ring substituents is 1. The van der Waals surface area contributed by atoms with Crippen molar-refractivity contribution in [2.75, 3.05) is 0 Å². The fourth-order valence-corrected chi connectivity index (χ4v) is 4.14. The van der Waals surface area contributed by atoms with Crippen LogP contribution in [0, 0.1) is 10.1 Å². The Labute approximate surface area is 113 Å². The molecule has 1 aromatic rings. The van der Waals surface area contributed by atoms with Gasteiger partial charge in [-0.2, -0.15) is 11.8 Å². The van der Waals surface area contributed by atoms with Gasteiger partial charge in [-0.15, -0.1) is 0 Å². The molecular formula is C12H14BrNO2S. The zero-order valence-electron chi connectivity index (χ0n) is 9.39. The standard InChI is InChI=1S/C12H14BrNO2S/c13-12-9(4-3-7-11(12)14(15)16)8-17-10-5-1-2-6-10/h3-4,7,10H,1-2,5-6,8H2. The molecule has 0 atom stereocenters. The molecule has 1 aromatic carbocycles. The molecule has 1 aliphatic carbocycles. The van der Waals surface area contributed by atoms with Crippen LogP contribution in [0.1, 0.15) is 31.2 Å². The van der Waals surface area contributed by atoms with Crippen molar-refractivity contribution in [3.63, 3.8) is 0 Å². The molecule has 0 aliphatic heterocycles. The summed E-state index contributed by atoms with van der Waals surface area (Å²) >= 11 is 5.26. The molecule has 1 saturated carbocycles. The lowest BCUT2D eigenvalue weighted by molar-refractivity contribution is -0.385. The summed E-state index contributed by atoms with van der Waals surface area (Å²) in [5.41, 5.74) is 1.19. The van der Waals surface area contributed by atoms with Gasteiger partial charge in [0.05, 0.1) is 9.40 Å². The molecule has 1 aliphatic rings. The van der Waals surface area contributed by atoms with Gasteiger partial charge in [0, 0.05) is 17.1 Å². The van der Waals surface area contributed by atoms with E-state index in [-0.39, 0.29) is 10.6 Å². The van der Waals surface area contributed by atoms with E-state index in [1.807, 2.05) is 17.8 Å². The SMILES string of the molecule is O=[N+]([O-])c1cccc(CSC2CCCC2)c1Br. The Balaban J connectivity index is 2.04. The molecule has 0 amide bonds. The van der Waals surface area contributed by atoms with Gasteiger partial charge < -0.3 is 0 Å². The van der Waals surface area contributed by atoms with Crippen molar-refractivity contribution in [2.45, 2.75) is 36.7 Å². The minimum atomic E-state index is -0.339. The Morgan fingerprint density at radius 3 is 2.76 bits per heavy atom. The zero-order chi connectivity index (χ0) is 12.3. The van der Waals surface area contributed by atoms with Crippen molar-refractivity contribution < 1.29 is 4.92 Å². The molecule has 0 bridgehead atoms. The summed E-state index contributed by atoms with van der Waals surface area (Å²) in [5.74, 6) is 0.854. The minimum Gasteiger partial charge on any atom is -0.258 e. The summed E-state index contributed by atoms with van der Waals surface area (Å²) < 4.78 is 0.635. The summed E-state index contributed by atoms with van der Waals surface area (Å²) in [6.45, 7) is 0. The minimum absolute atomic E-state index is 0.162. The third kappa shape index (κ3) is 3.22. The van der Waals surface area contributed by atoms with E-state index in [4.69, 9.17) is 0 Å². The lowest BCUT2D eigenvalue weighted by Gasteiger charge is -2.09. The predicted octanol–water partition coefficient (Wildman–Crippen LogP) is 4.53. The van der Waals surface area contributed by atoms with Gasteiger partial charge in [-0.05, 0) is 34.3 Å². The summed E-state index contributed by atoms with van der Waals surface area (Å²) in [5, 5.41) is 11.5. The van der Waals surface area contributed by atoms with Crippen molar-refractivity contribution >= 4 is 33.4 Å². The van der Waals surface area contributed by atoms with Crippen LogP contribution in [-0.4, -0.2) is 10.2 Å². The first-order chi connectivity index (χ1) is 8.18. The van der Waals surface area contributed by atoms with Gasteiger partial charge in [0.25, 0.3) is 5.69 Å². The summed E-state index contributed by atoms with van der Waals surface area (Å²) in [4.78, 5) is 10.5. The molecule has 0 N–H and O–H groups in total. The number of thioether (sulfide) groups is 1. The number of benzene rings is 1. The van der Waals surface area contributed by atoms with Crippen LogP contribution >= 0.6 is 27.7 Å². The molecule has 0 spiro atoms. The van der Waals surface area contributed by atoms with Gasteiger partial charge >= 0.3 is 0 Å². The summed E-state index contributed by atoms with van der Waals surface area (Å²) in [6, 6.07) is 5.25. The fraction of sp³-hybridized carbons (Fsp3) is 0.500. The number of hydrogen-bond acceptors (Lipinski definition) is 3. The maximum Gasteiger partial charge on any atom is 0.283 e. The fourth-order valence-electron chi connectivity index (χ4n) is 2.08. The second-order valence-electron chi connectivity index (χ2n) is 4.22. The van der Waals surface area contributed by atoms with Crippen LogP contribution in [0.25, 0.3) is 0 Å². The van der Waals surface area contributed by atoms with E-state index in [1.54, 1.807) is 6.07 Å². The Hall–Kier alpha value is -0.550. The second kappa shape index (κ2) is 5.87. The Bertz CT molecular complexity index is 419. The van der Waals surface area contributed by atoms with Gasteiger partial charge in [0.15, 0.2) is 0 Å². The van der Waals surface area contributed by atoms with Crippen LogP contribution in [0.2, 0.25) is 0 Å². The number of rotatable bonds is 4. The highest BCUT2D eigenvalue weighted by Gasteiger charge is 2.18. The van der Waals surface area contributed by atoms with E-state index in [0.717, 1.165) is 16.6 Å². The van der Waals surface area contributed by atoms with Gasteiger partial charge in [-0.1, -0.05) is 25.0 Å². The zero-order valence-corrected chi connectivity index (χ0v) is 11.8. The normalized spacial score (nSPS) is 16.3. The molecular weight excluding hydrogens is 302 g/mol. The quantitative estimate of drug-likeness (QED) is 0.605. The predicted molar refractivity (Wildman–Crippen MR) is 74.3 cm³/mol. The molecule has 0 aromatic heterocycles. The first kappa shape index (κ1) is 12.9. The van der Waals surface area contributed by atoms with Gasteiger partial charge in [-0.25, -0.2) is 0 Å². The van der Waals surface area contributed by atoms with E-state index in [9.17, 15) is 10.1 Å². The Morgan fingerprint density at radius 1 is 1.41 bits per heavy atom. The van der Waals surface area contributed by atoms with E-state index in [2.05, 4.69) is 15.9 Å². The van der Waals surface area contributed by atoms with E-state index < -0.39 is 0 Å². The van der Waals surface area contributed by atoms with Crippen molar-refractivity contribution in [3.8, 4) is 0 Å². The van der Waals surface area contributed by atoms with Crippen molar-refractivity contribution in [1.29, 1.82) is 0 Å². The maximum absolute atomic E-state index is 10.8. The molecule has 17 heavy (non-hydrogen) atoms. The first-order valence-corrected chi connectivity index (χ1v) is 7.56. The molecule has 92 valence electrons. The van der Waals surface area contributed by atoms with Crippen molar-refractivity contribution in [1.82, 2.24) is 0 Å². The molecule has 0 radical (unpaired) electrons. The molecule has 0 heterocycles. The van der Waals surface area contributed by atoms with E-state index in [0.29, 0.717) is 4.47 Å². The highest BCUT2D eigenvalue weighted by molar-refractivity contribution is 9.10. The molecule has 1 fully saturated rings. The number of nitro groups is 1. The monoisotopic (exact) mass is 315 g/mol. The lowest BCUT2D eigenvalue weighted by atomic mass is 10.2. The number of halogens is 1. The van der Waals surface area contributed by atoms with Crippen LogP contribution in [0.5, 0.6) is 0 Å². The first-order valence-electron chi connectivity index (χ1n) is 5.72. The van der Waals surface area contributed by atoms with Crippen LogP contribution < -0.4 is 0 Å². The third-order valence-corrected chi connectivity index (χ3v) is 5.37. The number of nitrogens with zero attached hydrogens (tertiary/aromatic N) is 1. The highest BCUT2D eigenvalue weighted by Crippen LogP contribution is 2.35. The van der Waals surface area contributed by atoms with Crippen LogP contribution in [-0.2, 0) is 5.75 Å². The smallest absolute Gasteiger partial charge is 0.258 e.